The number of rotatable bonds is 2. The molecule has 6 N–H and O–H groups in total. The molecule has 0 amide bonds. The van der Waals surface area contributed by atoms with Crippen LogP contribution >= 0.6 is 23.2 Å². The van der Waals surface area contributed by atoms with Gasteiger partial charge in [-0.15, -0.1) is 5.10 Å². The van der Waals surface area contributed by atoms with Crippen molar-refractivity contribution in [2.75, 3.05) is 0 Å². The van der Waals surface area contributed by atoms with Crippen LogP contribution < -0.4 is 16.6 Å². The second kappa shape index (κ2) is 5.05. The number of nitrogens with zero attached hydrogens (tertiary/aromatic N) is 1. The first-order chi connectivity index (χ1) is 7.41. The van der Waals surface area contributed by atoms with E-state index in [9.17, 15) is 5.11 Å². The smallest absolute Gasteiger partial charge is 0.362 e. The van der Waals surface area contributed by atoms with Crippen molar-refractivity contribution < 1.29 is 10.2 Å². The zero-order chi connectivity index (χ0) is 12.3. The second-order valence-corrected chi connectivity index (χ2v) is 3.89. The summed E-state index contributed by atoms with van der Waals surface area (Å²) in [5, 5.41) is 16.5. The van der Waals surface area contributed by atoms with Gasteiger partial charge in [-0.3, -0.25) is 11.5 Å². The van der Waals surface area contributed by atoms with E-state index in [1.165, 1.54) is 12.1 Å². The molecule has 0 atom stereocenters. The van der Waals surface area contributed by atoms with Gasteiger partial charge in [-0.1, -0.05) is 23.2 Å². The molecule has 0 saturated heterocycles. The maximum atomic E-state index is 9.69. The van der Waals surface area contributed by atoms with Crippen LogP contribution in [0, 0.1) is 0 Å². The number of hydrogen-bond acceptors (Lipinski definition) is 2. The Bertz CT molecular complexity index is 467. The molecule has 0 heterocycles. The maximum Gasteiger partial charge on any atom is 0.362 e. The Morgan fingerprint density at radius 2 is 2.00 bits per heavy atom. The Kier molecular flexibility index (Phi) is 3.98. The molecule has 1 aromatic rings. The van der Waals surface area contributed by atoms with Gasteiger partial charge < -0.3 is 5.11 Å². The van der Waals surface area contributed by atoms with Gasteiger partial charge in [0.1, 0.15) is 5.75 Å². The van der Waals surface area contributed by atoms with Crippen molar-refractivity contribution in [3.8, 4) is 5.75 Å². The van der Waals surface area contributed by atoms with Crippen molar-refractivity contribution in [3.63, 3.8) is 0 Å². The van der Waals surface area contributed by atoms with Crippen LogP contribution in [0.2, 0.25) is 10.0 Å². The van der Waals surface area contributed by atoms with E-state index in [1.807, 2.05) is 0 Å². The number of nitrogens with one attached hydrogen (secondary N) is 1. The van der Waals surface area contributed by atoms with E-state index in [0.29, 0.717) is 16.3 Å². The highest BCUT2D eigenvalue weighted by molar-refractivity contribution is 6.36. The number of halogens is 2. The monoisotopic (exact) mass is 261 g/mol. The van der Waals surface area contributed by atoms with Gasteiger partial charge in [-0.25, -0.2) is 0 Å². The van der Waals surface area contributed by atoms with Gasteiger partial charge in [0.05, 0.1) is 10.7 Å². The zero-order valence-electron chi connectivity index (χ0n) is 8.46. The van der Waals surface area contributed by atoms with Crippen LogP contribution in [0.25, 0.3) is 0 Å². The first-order valence-electron chi connectivity index (χ1n) is 4.28. The summed E-state index contributed by atoms with van der Waals surface area (Å²) in [6.07, 6.45) is 0. The van der Waals surface area contributed by atoms with Crippen LogP contribution in [0.3, 0.4) is 0 Å². The number of hydrogen-bond donors (Lipinski definition) is 4. The van der Waals surface area contributed by atoms with Gasteiger partial charge >= 0.3 is 5.96 Å². The molecule has 0 aliphatic rings. The highest BCUT2D eigenvalue weighted by Gasteiger charge is 2.10. The lowest BCUT2D eigenvalue weighted by Gasteiger charge is -2.05. The average molecular weight is 262 g/mol. The van der Waals surface area contributed by atoms with E-state index >= 15 is 0 Å². The first kappa shape index (κ1) is 12.6. The molecule has 0 fully saturated rings. The third-order valence-electron chi connectivity index (χ3n) is 1.77. The number of hydrazone groups is 1. The van der Waals surface area contributed by atoms with E-state index in [-0.39, 0.29) is 16.7 Å². The molecule has 86 valence electrons. The lowest BCUT2D eigenvalue weighted by molar-refractivity contribution is -0.464. The second-order valence-electron chi connectivity index (χ2n) is 3.05. The van der Waals surface area contributed by atoms with Crippen LogP contribution in [0.1, 0.15) is 12.5 Å². The quantitative estimate of drug-likeness (QED) is 0.337. The van der Waals surface area contributed by atoms with E-state index in [2.05, 4.69) is 10.2 Å². The minimum Gasteiger partial charge on any atom is -0.506 e. The van der Waals surface area contributed by atoms with Gasteiger partial charge in [-0.2, -0.15) is 5.10 Å². The lowest BCUT2D eigenvalue weighted by Crippen LogP contribution is -2.72. The molecule has 0 radical (unpaired) electrons. The largest absolute Gasteiger partial charge is 0.506 e. The highest BCUT2D eigenvalue weighted by Crippen LogP contribution is 2.31. The first-order valence-corrected chi connectivity index (χ1v) is 5.04. The molecule has 1 aromatic carbocycles. The fourth-order valence-electron chi connectivity index (χ4n) is 1.05. The number of phenolic OH excluding ortho intramolecular Hbond substituents is 1. The number of aromatic hydroxyl groups is 1. The number of guanidine groups is 1. The fourth-order valence-corrected chi connectivity index (χ4v) is 1.54. The van der Waals surface area contributed by atoms with Crippen LogP contribution in [0.15, 0.2) is 17.2 Å². The summed E-state index contributed by atoms with van der Waals surface area (Å²) >= 11 is 11.6. The molecule has 5 nitrogen and oxygen atoms in total. The molecule has 7 heteroatoms. The molecule has 1 rings (SSSR count). The topological polar surface area (TPSA) is 98.6 Å². The zero-order valence-corrected chi connectivity index (χ0v) is 9.97. The van der Waals surface area contributed by atoms with Gasteiger partial charge in [0.15, 0.2) is 0 Å². The number of benzene rings is 1. The Morgan fingerprint density at radius 3 is 2.56 bits per heavy atom. The highest BCUT2D eigenvalue weighted by atomic mass is 35.5. The van der Waals surface area contributed by atoms with Crippen LogP contribution in [-0.2, 0) is 0 Å². The van der Waals surface area contributed by atoms with Crippen molar-refractivity contribution in [3.05, 3.63) is 27.7 Å². The van der Waals surface area contributed by atoms with E-state index in [1.54, 1.807) is 6.92 Å². The molecule has 0 spiro atoms. The molecule has 0 unspecified atom stereocenters. The molecule has 0 bridgehead atoms. The van der Waals surface area contributed by atoms with Gasteiger partial charge in [0.25, 0.3) is 0 Å². The van der Waals surface area contributed by atoms with Crippen LogP contribution in [0.4, 0.5) is 0 Å². The third kappa shape index (κ3) is 3.01. The minimum absolute atomic E-state index is 0.0491. The number of nitrogens with two attached hydrogens (primary N) is 2. The van der Waals surface area contributed by atoms with Crippen molar-refractivity contribution in [1.82, 2.24) is 0 Å². The molecule has 16 heavy (non-hydrogen) atoms. The van der Waals surface area contributed by atoms with Gasteiger partial charge in [-0.05, 0) is 19.1 Å². The Hall–Kier alpha value is -1.46. The van der Waals surface area contributed by atoms with E-state index < -0.39 is 0 Å². The predicted molar refractivity (Wildman–Crippen MR) is 64.7 cm³/mol. The van der Waals surface area contributed by atoms with Crippen molar-refractivity contribution >= 4 is 34.9 Å². The predicted octanol–water partition coefficient (Wildman–Crippen LogP) is -0.223. The molecule has 0 saturated carbocycles. The summed E-state index contributed by atoms with van der Waals surface area (Å²) in [4.78, 5) is 0. The molecule has 0 aliphatic heterocycles. The molecular weight excluding hydrogens is 251 g/mol. The van der Waals surface area contributed by atoms with E-state index in [4.69, 9.17) is 34.7 Å². The van der Waals surface area contributed by atoms with E-state index in [0.717, 1.165) is 0 Å². The normalized spacial score (nSPS) is 11.3. The van der Waals surface area contributed by atoms with Crippen LogP contribution in [0.5, 0.6) is 5.75 Å². The Balaban J connectivity index is 3.23. The molecule has 0 aliphatic carbocycles. The lowest BCUT2D eigenvalue weighted by atomic mass is 10.1. The Morgan fingerprint density at radius 1 is 1.38 bits per heavy atom. The summed E-state index contributed by atoms with van der Waals surface area (Å²) < 4.78 is 0. The molecular formula is C9H11Cl2N4O+. The standard InChI is InChI=1S/C9H10Cl2N4O/c1-4(14-15-9(12)13)6-2-5(10)3-7(11)8(6)16/h2-3,16H,1H3,(H4,12,13,15)/p+1/b14-4+. The van der Waals surface area contributed by atoms with Gasteiger partial charge in [0, 0.05) is 10.6 Å². The van der Waals surface area contributed by atoms with Crippen molar-refractivity contribution in [2.45, 2.75) is 6.92 Å². The SMILES string of the molecule is C/C(=N\[NH+]=C(N)N)c1cc(Cl)cc(Cl)c1O. The third-order valence-corrected chi connectivity index (χ3v) is 2.28. The summed E-state index contributed by atoms with van der Waals surface area (Å²) in [6.45, 7) is 1.65. The summed E-state index contributed by atoms with van der Waals surface area (Å²) in [6, 6.07) is 2.97. The minimum atomic E-state index is -0.0929. The van der Waals surface area contributed by atoms with Crippen LogP contribution in [-0.4, -0.2) is 16.8 Å². The maximum absolute atomic E-state index is 9.69. The van der Waals surface area contributed by atoms with Crippen molar-refractivity contribution in [1.29, 1.82) is 0 Å². The van der Waals surface area contributed by atoms with Crippen molar-refractivity contribution in [2.24, 2.45) is 16.6 Å². The number of phenols is 1. The molecule has 0 aromatic heterocycles. The average Bonchev–Trinajstić information content (AvgIpc) is 2.19. The summed E-state index contributed by atoms with van der Waals surface area (Å²) in [5.74, 6) is -0.142. The summed E-state index contributed by atoms with van der Waals surface area (Å²) in [5.41, 5.74) is 11.2. The fraction of sp³-hybridized carbons (Fsp3) is 0.111. The summed E-state index contributed by atoms with van der Waals surface area (Å²) in [7, 11) is 0. The van der Waals surface area contributed by atoms with Gasteiger partial charge in [0.2, 0.25) is 0 Å². The Labute approximate surface area is 102 Å².